The van der Waals surface area contributed by atoms with Crippen molar-refractivity contribution in [2.24, 2.45) is 5.73 Å². The molecule has 2 N–H and O–H groups in total. The average Bonchev–Trinajstić information content (AvgIpc) is 1.97. The molecule has 60 valence electrons. The zero-order valence-electron chi connectivity index (χ0n) is 5.57. The Balaban J connectivity index is 3.21. The van der Waals surface area contributed by atoms with Crippen molar-refractivity contribution in [3.63, 3.8) is 0 Å². The lowest BCUT2D eigenvalue weighted by Gasteiger charge is -2.00. The molecule has 0 heterocycles. The van der Waals surface area contributed by atoms with Gasteiger partial charge in [-0.1, -0.05) is 11.6 Å². The lowest BCUT2D eigenvalue weighted by atomic mass is 10.2. The monoisotopic (exact) mass is 177 g/mol. The van der Waals surface area contributed by atoms with Crippen molar-refractivity contribution in [2.45, 2.75) is 6.54 Å². The van der Waals surface area contributed by atoms with Gasteiger partial charge in [0.25, 0.3) is 0 Å². The van der Waals surface area contributed by atoms with Gasteiger partial charge in [-0.05, 0) is 17.7 Å². The van der Waals surface area contributed by atoms with Crippen LogP contribution in [0.5, 0.6) is 0 Å². The quantitative estimate of drug-likeness (QED) is 0.653. The van der Waals surface area contributed by atoms with Gasteiger partial charge in [-0.25, -0.2) is 8.78 Å². The topological polar surface area (TPSA) is 26.0 Å². The predicted molar refractivity (Wildman–Crippen MR) is 39.3 cm³/mol. The van der Waals surface area contributed by atoms with Crippen LogP contribution >= 0.6 is 11.6 Å². The SMILES string of the molecule is NCc1cc(F)c(F)cc1Cl. The molecule has 0 atom stereocenters. The van der Waals surface area contributed by atoms with Gasteiger partial charge in [-0.2, -0.15) is 0 Å². The van der Waals surface area contributed by atoms with Gasteiger partial charge in [0.1, 0.15) is 0 Å². The lowest BCUT2D eigenvalue weighted by Crippen LogP contribution is -1.99. The molecule has 0 saturated heterocycles. The summed E-state index contributed by atoms with van der Waals surface area (Å²) in [7, 11) is 0. The van der Waals surface area contributed by atoms with E-state index in [4.69, 9.17) is 17.3 Å². The molecule has 0 aliphatic rings. The van der Waals surface area contributed by atoms with Crippen molar-refractivity contribution in [1.82, 2.24) is 0 Å². The Morgan fingerprint density at radius 3 is 2.36 bits per heavy atom. The van der Waals surface area contributed by atoms with Crippen molar-refractivity contribution < 1.29 is 8.78 Å². The van der Waals surface area contributed by atoms with Gasteiger partial charge in [0.2, 0.25) is 0 Å². The van der Waals surface area contributed by atoms with E-state index in [9.17, 15) is 8.78 Å². The standard InChI is InChI=1S/C7H6ClF2N/c8-5-2-7(10)6(9)1-4(5)3-11/h1-2H,3,11H2. The summed E-state index contributed by atoms with van der Waals surface area (Å²) < 4.78 is 24.9. The Kier molecular flexibility index (Phi) is 2.42. The van der Waals surface area contributed by atoms with Crippen molar-refractivity contribution >= 4 is 11.6 Å². The van der Waals surface area contributed by atoms with Crippen LogP contribution < -0.4 is 5.73 Å². The highest BCUT2D eigenvalue weighted by molar-refractivity contribution is 6.31. The maximum absolute atomic E-state index is 12.5. The molecule has 0 spiro atoms. The lowest BCUT2D eigenvalue weighted by molar-refractivity contribution is 0.507. The fraction of sp³-hybridized carbons (Fsp3) is 0.143. The Morgan fingerprint density at radius 2 is 1.82 bits per heavy atom. The molecule has 4 heteroatoms. The first-order chi connectivity index (χ1) is 5.15. The van der Waals surface area contributed by atoms with Crippen LogP contribution in [0.1, 0.15) is 5.56 Å². The van der Waals surface area contributed by atoms with Crippen LogP contribution in [0.3, 0.4) is 0 Å². The van der Waals surface area contributed by atoms with E-state index >= 15 is 0 Å². The highest BCUT2D eigenvalue weighted by Crippen LogP contribution is 2.18. The van der Waals surface area contributed by atoms with E-state index < -0.39 is 11.6 Å². The number of nitrogens with two attached hydrogens (primary N) is 1. The van der Waals surface area contributed by atoms with Gasteiger partial charge < -0.3 is 5.73 Å². The van der Waals surface area contributed by atoms with Gasteiger partial charge in [-0.15, -0.1) is 0 Å². The third-order valence-electron chi connectivity index (χ3n) is 1.31. The molecule has 11 heavy (non-hydrogen) atoms. The molecule has 1 nitrogen and oxygen atoms in total. The first kappa shape index (κ1) is 8.43. The Bertz CT molecular complexity index is 275. The fourth-order valence-electron chi connectivity index (χ4n) is 0.720. The molecule has 0 fully saturated rings. The van der Waals surface area contributed by atoms with Gasteiger partial charge in [0.15, 0.2) is 11.6 Å². The number of halogens is 3. The molecule has 0 aliphatic heterocycles. The minimum atomic E-state index is -0.952. The van der Waals surface area contributed by atoms with Crippen LogP contribution in [0, 0.1) is 11.6 Å². The van der Waals surface area contributed by atoms with E-state index in [-0.39, 0.29) is 11.6 Å². The summed E-state index contributed by atoms with van der Waals surface area (Å²) in [6, 6.07) is 1.91. The van der Waals surface area contributed by atoms with Crippen molar-refractivity contribution in [2.75, 3.05) is 0 Å². The second kappa shape index (κ2) is 3.15. The van der Waals surface area contributed by atoms with Gasteiger partial charge in [0.05, 0.1) is 0 Å². The first-order valence-corrected chi connectivity index (χ1v) is 3.36. The zero-order chi connectivity index (χ0) is 8.43. The van der Waals surface area contributed by atoms with Crippen LogP contribution in [0.15, 0.2) is 12.1 Å². The molecular weight excluding hydrogens is 172 g/mol. The number of hydrogen-bond donors (Lipinski definition) is 1. The van der Waals surface area contributed by atoms with Crippen LogP contribution in [0.2, 0.25) is 5.02 Å². The normalized spacial score (nSPS) is 10.2. The molecule has 0 aliphatic carbocycles. The van der Waals surface area contributed by atoms with Crippen molar-refractivity contribution in [1.29, 1.82) is 0 Å². The summed E-state index contributed by atoms with van der Waals surface area (Å²) in [5, 5.41) is 0.159. The molecule has 0 saturated carbocycles. The molecule has 0 radical (unpaired) electrons. The second-order valence-corrected chi connectivity index (χ2v) is 2.47. The third-order valence-corrected chi connectivity index (χ3v) is 1.66. The fourth-order valence-corrected chi connectivity index (χ4v) is 0.948. The average molecular weight is 178 g/mol. The summed E-state index contributed by atoms with van der Waals surface area (Å²) >= 11 is 5.51. The predicted octanol–water partition coefficient (Wildman–Crippen LogP) is 2.08. The Labute approximate surface area is 67.8 Å². The van der Waals surface area contributed by atoms with E-state index in [1.165, 1.54) is 0 Å². The zero-order valence-corrected chi connectivity index (χ0v) is 6.33. The summed E-state index contributed by atoms with van der Waals surface area (Å²) in [6.45, 7) is 0.107. The van der Waals surface area contributed by atoms with E-state index in [0.29, 0.717) is 5.56 Å². The van der Waals surface area contributed by atoms with Crippen molar-refractivity contribution in [3.05, 3.63) is 34.4 Å². The number of rotatable bonds is 1. The van der Waals surface area contributed by atoms with Gasteiger partial charge in [0, 0.05) is 11.6 Å². The van der Waals surface area contributed by atoms with E-state index in [2.05, 4.69) is 0 Å². The highest BCUT2D eigenvalue weighted by Gasteiger charge is 2.05. The van der Waals surface area contributed by atoms with Crippen LogP contribution in [0.4, 0.5) is 8.78 Å². The molecule has 1 aromatic carbocycles. The molecule has 1 rings (SSSR count). The van der Waals surface area contributed by atoms with E-state index in [0.717, 1.165) is 12.1 Å². The number of benzene rings is 1. The summed E-state index contributed by atoms with van der Waals surface area (Å²) in [4.78, 5) is 0. The van der Waals surface area contributed by atoms with Crippen LogP contribution in [0.25, 0.3) is 0 Å². The van der Waals surface area contributed by atoms with Crippen LogP contribution in [-0.2, 0) is 6.54 Å². The molecule has 0 unspecified atom stereocenters. The van der Waals surface area contributed by atoms with E-state index in [1.54, 1.807) is 0 Å². The molecule has 0 amide bonds. The molecule has 0 bridgehead atoms. The largest absolute Gasteiger partial charge is 0.326 e. The minimum absolute atomic E-state index is 0.107. The molecule has 1 aromatic rings. The minimum Gasteiger partial charge on any atom is -0.326 e. The van der Waals surface area contributed by atoms with Gasteiger partial charge >= 0.3 is 0 Å². The summed E-state index contributed by atoms with van der Waals surface area (Å²) in [5.74, 6) is -1.87. The van der Waals surface area contributed by atoms with E-state index in [1.807, 2.05) is 0 Å². The summed E-state index contributed by atoms with van der Waals surface area (Å²) in [5.41, 5.74) is 5.60. The second-order valence-electron chi connectivity index (χ2n) is 2.06. The highest BCUT2D eigenvalue weighted by atomic mass is 35.5. The Morgan fingerprint density at radius 1 is 1.27 bits per heavy atom. The maximum Gasteiger partial charge on any atom is 0.160 e. The van der Waals surface area contributed by atoms with Gasteiger partial charge in [-0.3, -0.25) is 0 Å². The molecular formula is C7H6ClF2N. The van der Waals surface area contributed by atoms with Crippen molar-refractivity contribution in [3.8, 4) is 0 Å². The molecule has 0 aromatic heterocycles. The summed E-state index contributed by atoms with van der Waals surface area (Å²) in [6.07, 6.45) is 0. The number of hydrogen-bond acceptors (Lipinski definition) is 1. The van der Waals surface area contributed by atoms with Crippen LogP contribution in [-0.4, -0.2) is 0 Å². The maximum atomic E-state index is 12.5. The smallest absolute Gasteiger partial charge is 0.160 e. The third kappa shape index (κ3) is 1.67. The first-order valence-electron chi connectivity index (χ1n) is 2.98. The Hall–Kier alpha value is -0.670.